The van der Waals surface area contributed by atoms with E-state index < -0.39 is 18.0 Å². The molecule has 0 aromatic carbocycles. The molecular formula is C13H24O4. The van der Waals surface area contributed by atoms with E-state index in [1.165, 1.54) is 0 Å². The molecule has 0 heterocycles. The second-order valence-corrected chi connectivity index (χ2v) is 4.54. The van der Waals surface area contributed by atoms with E-state index in [2.05, 4.69) is 0 Å². The number of carbonyl (C=O) groups is 2. The molecule has 0 radical (unpaired) electrons. The number of carbonyl (C=O) groups excluding carboxylic acids is 1. The number of hydrogen-bond acceptors (Lipinski definition) is 3. The molecule has 0 bridgehead atoms. The molecule has 1 N–H and O–H groups in total. The normalized spacial score (nSPS) is 14.4. The van der Waals surface area contributed by atoms with Crippen molar-refractivity contribution in [2.24, 2.45) is 11.8 Å². The summed E-state index contributed by atoms with van der Waals surface area (Å²) in [5.74, 6) is -1.95. The number of carboxylic acid groups (broad SMARTS) is 1. The molecule has 0 fully saturated rings. The van der Waals surface area contributed by atoms with E-state index in [0.29, 0.717) is 0 Å². The third-order valence-corrected chi connectivity index (χ3v) is 3.00. The molecule has 17 heavy (non-hydrogen) atoms. The van der Waals surface area contributed by atoms with E-state index >= 15 is 0 Å². The Morgan fingerprint density at radius 2 is 1.59 bits per heavy atom. The zero-order chi connectivity index (χ0) is 13.4. The Hall–Kier alpha value is -1.06. The minimum absolute atomic E-state index is 0.0894. The van der Waals surface area contributed by atoms with Crippen molar-refractivity contribution in [1.82, 2.24) is 0 Å². The molecule has 0 aromatic rings. The predicted octanol–water partition coefficient (Wildman–Crippen LogP) is 2.86. The minimum Gasteiger partial charge on any atom is -0.481 e. The summed E-state index contributed by atoms with van der Waals surface area (Å²) < 4.78 is 5.22. The molecule has 4 nitrogen and oxygen atoms in total. The van der Waals surface area contributed by atoms with Crippen molar-refractivity contribution in [2.75, 3.05) is 0 Å². The van der Waals surface area contributed by atoms with E-state index in [9.17, 15) is 9.59 Å². The Kier molecular flexibility index (Phi) is 7.59. The summed E-state index contributed by atoms with van der Waals surface area (Å²) in [4.78, 5) is 22.6. The summed E-state index contributed by atoms with van der Waals surface area (Å²) in [5, 5.41) is 8.82. The van der Waals surface area contributed by atoms with Gasteiger partial charge >= 0.3 is 11.9 Å². The lowest BCUT2D eigenvalue weighted by Crippen LogP contribution is -2.30. The SMILES string of the molecule is CCCC(CCC)C(=O)O[C@H](C)[C@H](C)C(=O)O. The number of aliphatic carboxylic acids is 1. The number of carboxylic acids is 1. The Morgan fingerprint density at radius 1 is 1.12 bits per heavy atom. The summed E-state index contributed by atoms with van der Waals surface area (Å²) in [6.45, 7) is 7.24. The van der Waals surface area contributed by atoms with Crippen molar-refractivity contribution in [2.45, 2.75) is 59.5 Å². The Bertz CT molecular complexity index is 244. The molecule has 0 rings (SSSR count). The van der Waals surface area contributed by atoms with E-state index in [-0.39, 0.29) is 11.9 Å². The van der Waals surface area contributed by atoms with Gasteiger partial charge in [-0.15, -0.1) is 0 Å². The lowest BCUT2D eigenvalue weighted by atomic mass is 9.98. The van der Waals surface area contributed by atoms with Crippen LogP contribution in [0.25, 0.3) is 0 Å². The van der Waals surface area contributed by atoms with Crippen LogP contribution < -0.4 is 0 Å². The fourth-order valence-corrected chi connectivity index (χ4v) is 1.66. The van der Waals surface area contributed by atoms with E-state index in [1.54, 1.807) is 13.8 Å². The Labute approximate surface area is 103 Å². The van der Waals surface area contributed by atoms with Gasteiger partial charge in [-0.1, -0.05) is 26.7 Å². The fraction of sp³-hybridized carbons (Fsp3) is 0.846. The molecular weight excluding hydrogens is 220 g/mol. The highest BCUT2D eigenvalue weighted by Crippen LogP contribution is 2.18. The van der Waals surface area contributed by atoms with Crippen LogP contribution in [-0.4, -0.2) is 23.1 Å². The van der Waals surface area contributed by atoms with Crippen LogP contribution in [0.2, 0.25) is 0 Å². The highest BCUT2D eigenvalue weighted by atomic mass is 16.5. The van der Waals surface area contributed by atoms with Crippen LogP contribution in [0.5, 0.6) is 0 Å². The maximum Gasteiger partial charge on any atom is 0.309 e. The molecule has 0 saturated carbocycles. The predicted molar refractivity (Wildman–Crippen MR) is 65.7 cm³/mol. The minimum atomic E-state index is -0.937. The molecule has 0 aliphatic heterocycles. The van der Waals surface area contributed by atoms with Crippen LogP contribution in [0.1, 0.15) is 53.4 Å². The molecule has 0 aromatic heterocycles. The molecule has 0 aliphatic rings. The van der Waals surface area contributed by atoms with Crippen LogP contribution in [0.4, 0.5) is 0 Å². The van der Waals surface area contributed by atoms with Crippen molar-refractivity contribution in [3.05, 3.63) is 0 Å². The van der Waals surface area contributed by atoms with E-state index in [0.717, 1.165) is 25.7 Å². The average Bonchev–Trinajstić information content (AvgIpc) is 2.27. The van der Waals surface area contributed by atoms with Gasteiger partial charge in [0.1, 0.15) is 6.10 Å². The van der Waals surface area contributed by atoms with Crippen molar-refractivity contribution in [1.29, 1.82) is 0 Å². The molecule has 4 heteroatoms. The van der Waals surface area contributed by atoms with Gasteiger partial charge in [0.15, 0.2) is 0 Å². The van der Waals surface area contributed by atoms with Gasteiger partial charge in [-0.2, -0.15) is 0 Å². The largest absolute Gasteiger partial charge is 0.481 e. The summed E-state index contributed by atoms with van der Waals surface area (Å²) in [6.07, 6.45) is 2.91. The summed E-state index contributed by atoms with van der Waals surface area (Å²) in [7, 11) is 0. The zero-order valence-corrected chi connectivity index (χ0v) is 11.2. The molecule has 100 valence electrons. The van der Waals surface area contributed by atoms with Crippen LogP contribution in [0, 0.1) is 11.8 Å². The summed E-state index contributed by atoms with van der Waals surface area (Å²) in [5.41, 5.74) is 0. The molecule has 0 saturated heterocycles. The smallest absolute Gasteiger partial charge is 0.309 e. The number of hydrogen-bond donors (Lipinski definition) is 1. The molecule has 2 atom stereocenters. The first-order valence-electron chi connectivity index (χ1n) is 6.37. The van der Waals surface area contributed by atoms with E-state index in [4.69, 9.17) is 9.84 Å². The highest BCUT2D eigenvalue weighted by Gasteiger charge is 2.26. The van der Waals surface area contributed by atoms with E-state index in [1.807, 2.05) is 13.8 Å². The molecule has 0 unspecified atom stereocenters. The molecule has 0 amide bonds. The maximum atomic E-state index is 11.8. The van der Waals surface area contributed by atoms with Gasteiger partial charge in [-0.05, 0) is 26.7 Å². The lowest BCUT2D eigenvalue weighted by Gasteiger charge is -2.21. The Morgan fingerprint density at radius 3 is 1.94 bits per heavy atom. The number of ether oxygens (including phenoxy) is 1. The van der Waals surface area contributed by atoms with Gasteiger partial charge in [0.25, 0.3) is 0 Å². The van der Waals surface area contributed by atoms with Crippen LogP contribution in [0.3, 0.4) is 0 Å². The third-order valence-electron chi connectivity index (χ3n) is 3.00. The zero-order valence-electron chi connectivity index (χ0n) is 11.2. The monoisotopic (exact) mass is 244 g/mol. The second-order valence-electron chi connectivity index (χ2n) is 4.54. The summed E-state index contributed by atoms with van der Waals surface area (Å²) >= 11 is 0. The van der Waals surface area contributed by atoms with Gasteiger partial charge in [0.05, 0.1) is 11.8 Å². The topological polar surface area (TPSA) is 63.6 Å². The van der Waals surface area contributed by atoms with Crippen LogP contribution in [-0.2, 0) is 14.3 Å². The number of rotatable bonds is 8. The van der Waals surface area contributed by atoms with Crippen molar-refractivity contribution in [3.8, 4) is 0 Å². The highest BCUT2D eigenvalue weighted by molar-refractivity contribution is 5.74. The standard InChI is InChI=1S/C13H24O4/c1-5-7-11(8-6-2)13(16)17-10(4)9(3)12(14)15/h9-11H,5-8H2,1-4H3,(H,14,15)/t9-,10+/m0/s1. The first kappa shape index (κ1) is 15.9. The van der Waals surface area contributed by atoms with Gasteiger partial charge < -0.3 is 9.84 Å². The average molecular weight is 244 g/mol. The lowest BCUT2D eigenvalue weighted by molar-refractivity contribution is -0.160. The van der Waals surface area contributed by atoms with Crippen LogP contribution >= 0.6 is 0 Å². The second kappa shape index (κ2) is 8.09. The van der Waals surface area contributed by atoms with Gasteiger partial charge in [-0.25, -0.2) is 0 Å². The maximum absolute atomic E-state index is 11.8. The van der Waals surface area contributed by atoms with Crippen molar-refractivity contribution < 1.29 is 19.4 Å². The quantitative estimate of drug-likeness (QED) is 0.667. The molecule has 0 spiro atoms. The van der Waals surface area contributed by atoms with Crippen molar-refractivity contribution >= 4 is 11.9 Å². The van der Waals surface area contributed by atoms with Gasteiger partial charge in [0.2, 0.25) is 0 Å². The first-order valence-corrected chi connectivity index (χ1v) is 6.37. The Balaban J connectivity index is 4.33. The summed E-state index contributed by atoms with van der Waals surface area (Å²) in [6, 6.07) is 0. The third kappa shape index (κ3) is 5.71. The van der Waals surface area contributed by atoms with Crippen LogP contribution in [0.15, 0.2) is 0 Å². The fourth-order valence-electron chi connectivity index (χ4n) is 1.66. The van der Waals surface area contributed by atoms with Gasteiger partial charge in [0, 0.05) is 0 Å². The first-order chi connectivity index (χ1) is 7.93. The number of esters is 1. The van der Waals surface area contributed by atoms with Gasteiger partial charge in [-0.3, -0.25) is 9.59 Å². The van der Waals surface area contributed by atoms with Crippen molar-refractivity contribution in [3.63, 3.8) is 0 Å². The molecule has 0 aliphatic carbocycles.